The number of non-ortho nitro benzene ring substituents is 1. The molecule has 1 atom stereocenters. The SMILES string of the molecule is O=C(NC(Cc1ccccc1)c1nnc(SCc2ccccc2)n1-c1ccc([N+](=O)[O-])cc1)c1cc(Cl)cc(Cl)c1. The lowest BCUT2D eigenvalue weighted by Gasteiger charge is -2.20. The van der Waals surface area contributed by atoms with Gasteiger partial charge in [0.05, 0.1) is 11.0 Å². The molecule has 5 rings (SSSR count). The number of amides is 1. The first-order valence-corrected chi connectivity index (χ1v) is 14.3. The molecule has 1 heterocycles. The molecular formula is C30H23Cl2N5O3S. The fraction of sp³-hybridized carbons (Fsp3) is 0.100. The summed E-state index contributed by atoms with van der Waals surface area (Å²) < 4.78 is 1.83. The molecule has 0 saturated heterocycles. The average molecular weight is 605 g/mol. The van der Waals surface area contributed by atoms with Crippen LogP contribution in [0.1, 0.15) is 33.4 Å². The van der Waals surface area contributed by atoms with E-state index in [0.29, 0.717) is 44.5 Å². The number of benzene rings is 4. The van der Waals surface area contributed by atoms with E-state index in [4.69, 9.17) is 23.2 Å². The smallest absolute Gasteiger partial charge is 0.269 e. The molecule has 0 radical (unpaired) electrons. The lowest BCUT2D eigenvalue weighted by Crippen LogP contribution is -2.32. The van der Waals surface area contributed by atoms with E-state index in [2.05, 4.69) is 15.5 Å². The van der Waals surface area contributed by atoms with Gasteiger partial charge >= 0.3 is 0 Å². The molecular weight excluding hydrogens is 581 g/mol. The Morgan fingerprint density at radius 1 is 0.878 bits per heavy atom. The van der Waals surface area contributed by atoms with Crippen molar-refractivity contribution in [1.82, 2.24) is 20.1 Å². The molecule has 0 spiro atoms. The number of hydrogen-bond acceptors (Lipinski definition) is 6. The van der Waals surface area contributed by atoms with E-state index in [9.17, 15) is 14.9 Å². The summed E-state index contributed by atoms with van der Waals surface area (Å²) in [4.78, 5) is 24.3. The van der Waals surface area contributed by atoms with Crippen molar-refractivity contribution in [1.29, 1.82) is 0 Å². The molecule has 0 aliphatic carbocycles. The number of carbonyl (C=O) groups is 1. The Hall–Kier alpha value is -4.18. The fourth-order valence-electron chi connectivity index (χ4n) is 4.27. The van der Waals surface area contributed by atoms with E-state index >= 15 is 0 Å². The van der Waals surface area contributed by atoms with E-state index in [1.807, 2.05) is 65.2 Å². The van der Waals surface area contributed by atoms with Gasteiger partial charge < -0.3 is 5.32 Å². The molecule has 5 aromatic rings. The van der Waals surface area contributed by atoms with Crippen molar-refractivity contribution in [3.8, 4) is 5.69 Å². The first-order valence-electron chi connectivity index (χ1n) is 12.5. The molecule has 11 heteroatoms. The number of rotatable bonds is 10. The minimum atomic E-state index is -0.614. The molecule has 206 valence electrons. The first kappa shape index (κ1) is 28.4. The zero-order valence-electron chi connectivity index (χ0n) is 21.5. The van der Waals surface area contributed by atoms with E-state index in [-0.39, 0.29) is 11.6 Å². The van der Waals surface area contributed by atoms with Crippen LogP contribution >= 0.6 is 35.0 Å². The van der Waals surface area contributed by atoms with Gasteiger partial charge in [0.15, 0.2) is 11.0 Å². The van der Waals surface area contributed by atoms with Crippen molar-refractivity contribution in [2.45, 2.75) is 23.4 Å². The Balaban J connectivity index is 1.56. The predicted molar refractivity (Wildman–Crippen MR) is 161 cm³/mol. The first-order chi connectivity index (χ1) is 19.9. The Bertz CT molecular complexity index is 1650. The minimum absolute atomic E-state index is 0.0335. The zero-order chi connectivity index (χ0) is 28.8. The highest BCUT2D eigenvalue weighted by molar-refractivity contribution is 7.98. The van der Waals surface area contributed by atoms with Crippen molar-refractivity contribution >= 4 is 46.6 Å². The van der Waals surface area contributed by atoms with Gasteiger partial charge in [-0.2, -0.15) is 0 Å². The average Bonchev–Trinajstić information content (AvgIpc) is 3.40. The highest BCUT2D eigenvalue weighted by atomic mass is 35.5. The third-order valence-corrected chi connectivity index (χ3v) is 7.65. The molecule has 1 aromatic heterocycles. The summed E-state index contributed by atoms with van der Waals surface area (Å²) in [5, 5.41) is 24.7. The maximum absolute atomic E-state index is 13.4. The summed E-state index contributed by atoms with van der Waals surface area (Å²) in [6.45, 7) is 0. The van der Waals surface area contributed by atoms with Crippen LogP contribution in [0.5, 0.6) is 0 Å². The van der Waals surface area contributed by atoms with Crippen LogP contribution in [-0.2, 0) is 12.2 Å². The maximum Gasteiger partial charge on any atom is 0.269 e. The van der Waals surface area contributed by atoms with E-state index in [1.54, 1.807) is 30.3 Å². The lowest BCUT2D eigenvalue weighted by molar-refractivity contribution is -0.384. The van der Waals surface area contributed by atoms with Crippen molar-refractivity contribution in [3.63, 3.8) is 0 Å². The van der Waals surface area contributed by atoms with Crippen LogP contribution in [0.3, 0.4) is 0 Å². The largest absolute Gasteiger partial charge is 0.342 e. The van der Waals surface area contributed by atoms with Crippen LogP contribution in [0.4, 0.5) is 5.69 Å². The third kappa shape index (κ3) is 7.13. The monoisotopic (exact) mass is 603 g/mol. The van der Waals surface area contributed by atoms with Crippen LogP contribution in [-0.4, -0.2) is 25.6 Å². The fourth-order valence-corrected chi connectivity index (χ4v) is 5.71. The summed E-state index contributed by atoms with van der Waals surface area (Å²) in [6, 6.07) is 29.8. The highest BCUT2D eigenvalue weighted by Crippen LogP contribution is 2.30. The number of hydrogen-bond donors (Lipinski definition) is 1. The van der Waals surface area contributed by atoms with E-state index in [0.717, 1.165) is 11.1 Å². The molecule has 41 heavy (non-hydrogen) atoms. The number of nitrogens with zero attached hydrogens (tertiary/aromatic N) is 4. The van der Waals surface area contributed by atoms with Crippen LogP contribution in [0.15, 0.2) is 108 Å². The van der Waals surface area contributed by atoms with Gasteiger partial charge in [0.25, 0.3) is 11.6 Å². The summed E-state index contributed by atoms with van der Waals surface area (Å²) in [5.74, 6) is 0.717. The Morgan fingerprint density at radius 3 is 2.10 bits per heavy atom. The quantitative estimate of drug-likeness (QED) is 0.101. The molecule has 0 saturated carbocycles. The summed E-state index contributed by atoms with van der Waals surface area (Å²) in [6.07, 6.45) is 0.412. The van der Waals surface area contributed by atoms with Crippen molar-refractivity contribution in [2.24, 2.45) is 0 Å². The standard InChI is InChI=1S/C30H23Cl2N5O3S/c31-23-16-22(17-24(32)18-23)29(38)33-27(15-20-7-3-1-4-8-20)28-34-35-30(41-19-21-9-5-2-6-10-21)36(28)25-11-13-26(14-12-25)37(39)40/h1-14,16-18,27H,15,19H2,(H,33,38). The van der Waals surface area contributed by atoms with Gasteiger partial charge in [0.2, 0.25) is 0 Å². The number of thioether (sulfide) groups is 1. The van der Waals surface area contributed by atoms with Gasteiger partial charge in [-0.05, 0) is 47.9 Å². The molecule has 0 bridgehead atoms. The number of aromatic nitrogens is 3. The minimum Gasteiger partial charge on any atom is -0.342 e. The number of nitro groups is 1. The number of carbonyl (C=O) groups excluding carboxylic acids is 1. The molecule has 1 amide bonds. The topological polar surface area (TPSA) is 103 Å². The van der Waals surface area contributed by atoms with Gasteiger partial charge in [-0.25, -0.2) is 0 Å². The molecule has 1 N–H and O–H groups in total. The molecule has 4 aromatic carbocycles. The Labute approximate surface area is 250 Å². The van der Waals surface area contributed by atoms with Crippen molar-refractivity contribution in [3.05, 3.63) is 146 Å². The molecule has 8 nitrogen and oxygen atoms in total. The summed E-state index contributed by atoms with van der Waals surface area (Å²) in [7, 11) is 0. The molecule has 1 unspecified atom stereocenters. The predicted octanol–water partition coefficient (Wildman–Crippen LogP) is 7.49. The Morgan fingerprint density at radius 2 is 1.49 bits per heavy atom. The van der Waals surface area contributed by atoms with Crippen LogP contribution in [0, 0.1) is 10.1 Å². The van der Waals surface area contributed by atoms with Gasteiger partial charge in [-0.15, -0.1) is 10.2 Å². The second-order valence-electron chi connectivity index (χ2n) is 9.10. The van der Waals surface area contributed by atoms with Crippen molar-refractivity contribution in [2.75, 3.05) is 0 Å². The van der Waals surface area contributed by atoms with Gasteiger partial charge in [0, 0.05) is 39.2 Å². The molecule has 0 aliphatic rings. The van der Waals surface area contributed by atoms with Gasteiger partial charge in [-0.1, -0.05) is 95.6 Å². The second-order valence-corrected chi connectivity index (χ2v) is 10.9. The van der Waals surface area contributed by atoms with Gasteiger partial charge in [0.1, 0.15) is 0 Å². The van der Waals surface area contributed by atoms with Crippen LogP contribution in [0.2, 0.25) is 10.0 Å². The summed E-state index contributed by atoms with van der Waals surface area (Å²) in [5.41, 5.74) is 2.97. The number of halogens is 2. The van der Waals surface area contributed by atoms with Crippen LogP contribution < -0.4 is 5.32 Å². The summed E-state index contributed by atoms with van der Waals surface area (Å²) >= 11 is 13.8. The Kier molecular flexibility index (Phi) is 8.98. The van der Waals surface area contributed by atoms with E-state index in [1.165, 1.54) is 23.9 Å². The lowest BCUT2D eigenvalue weighted by atomic mass is 10.0. The molecule has 0 fully saturated rings. The second kappa shape index (κ2) is 13.0. The van der Waals surface area contributed by atoms with Gasteiger partial charge in [-0.3, -0.25) is 19.5 Å². The van der Waals surface area contributed by atoms with Crippen molar-refractivity contribution < 1.29 is 9.72 Å². The third-order valence-electron chi connectivity index (χ3n) is 6.21. The number of nitro benzene ring substituents is 1. The zero-order valence-corrected chi connectivity index (χ0v) is 23.8. The normalized spacial score (nSPS) is 11.7. The maximum atomic E-state index is 13.4. The molecule has 0 aliphatic heterocycles. The van der Waals surface area contributed by atoms with E-state index < -0.39 is 11.0 Å². The van der Waals surface area contributed by atoms with Crippen LogP contribution in [0.25, 0.3) is 5.69 Å². The highest BCUT2D eigenvalue weighted by Gasteiger charge is 2.26. The number of nitrogens with one attached hydrogen (secondary N) is 1.